The topological polar surface area (TPSA) is 84.7 Å². The molecule has 0 unspecified atom stereocenters. The average molecular weight is 501 g/mol. The normalized spacial score (nSPS) is 16.3. The first kappa shape index (κ1) is 25.4. The van der Waals surface area contributed by atoms with Crippen molar-refractivity contribution in [3.63, 3.8) is 0 Å². The molecule has 31 heavy (non-hydrogen) atoms. The lowest BCUT2D eigenvalue weighted by Gasteiger charge is -2.34. The van der Waals surface area contributed by atoms with Crippen LogP contribution in [0.25, 0.3) is 0 Å². The van der Waals surface area contributed by atoms with Gasteiger partial charge in [-0.1, -0.05) is 11.6 Å². The van der Waals surface area contributed by atoms with Crippen molar-refractivity contribution in [3.05, 3.63) is 10.8 Å². The molecule has 16 heteroatoms. The number of aryl methyl sites for hydroxylation is 2. The summed E-state index contributed by atoms with van der Waals surface area (Å²) in [5.74, 6) is -0.325. The molecule has 1 saturated heterocycles. The van der Waals surface area contributed by atoms with Gasteiger partial charge in [0.15, 0.2) is 5.15 Å². The SMILES string of the molecule is Cc1nn(C)c(Cl)c1N(CC1CCN(C(=O)OC(C(F)(F)F)C(F)(F)F)CC1)[SH](=O)=O. The number of ether oxygens (including phenoxy) is 1. The van der Waals surface area contributed by atoms with E-state index in [2.05, 4.69) is 9.84 Å². The number of rotatable bonds is 5. The van der Waals surface area contributed by atoms with Crippen molar-refractivity contribution < 1.29 is 44.3 Å². The van der Waals surface area contributed by atoms with Crippen LogP contribution in [0.5, 0.6) is 0 Å². The minimum absolute atomic E-state index is 0.0401. The van der Waals surface area contributed by atoms with Gasteiger partial charge in [0.1, 0.15) is 5.69 Å². The Labute approximate surface area is 179 Å². The second-order valence-electron chi connectivity index (χ2n) is 6.95. The van der Waals surface area contributed by atoms with Gasteiger partial charge in [-0.2, -0.15) is 31.4 Å². The number of hydrogen-bond acceptors (Lipinski definition) is 5. The summed E-state index contributed by atoms with van der Waals surface area (Å²) in [4.78, 5) is 12.5. The third-order valence-electron chi connectivity index (χ3n) is 4.69. The number of nitrogens with zero attached hydrogens (tertiary/aromatic N) is 4. The highest BCUT2D eigenvalue weighted by Crippen LogP contribution is 2.36. The van der Waals surface area contributed by atoms with E-state index in [-0.39, 0.29) is 49.2 Å². The zero-order valence-electron chi connectivity index (χ0n) is 16.2. The van der Waals surface area contributed by atoms with E-state index in [0.29, 0.717) is 5.69 Å². The molecule has 0 radical (unpaired) electrons. The van der Waals surface area contributed by atoms with E-state index in [1.165, 1.54) is 11.7 Å². The largest absolute Gasteiger partial charge is 0.434 e. The average Bonchev–Trinajstić information content (AvgIpc) is 2.88. The Hall–Kier alpha value is -1.90. The van der Waals surface area contributed by atoms with Crippen molar-refractivity contribution in [1.82, 2.24) is 14.7 Å². The predicted octanol–water partition coefficient (Wildman–Crippen LogP) is 3.06. The maximum atomic E-state index is 12.6. The van der Waals surface area contributed by atoms with Gasteiger partial charge in [-0.15, -0.1) is 0 Å². The summed E-state index contributed by atoms with van der Waals surface area (Å²) in [5, 5.41) is 4.12. The smallest absolute Gasteiger partial charge is 0.426 e. The second kappa shape index (κ2) is 9.30. The van der Waals surface area contributed by atoms with Crippen LogP contribution in [-0.2, 0) is 22.7 Å². The first-order valence-electron chi connectivity index (χ1n) is 8.82. The van der Waals surface area contributed by atoms with E-state index >= 15 is 0 Å². The van der Waals surface area contributed by atoms with E-state index in [1.54, 1.807) is 6.92 Å². The Kier molecular flexibility index (Phi) is 7.61. The highest BCUT2D eigenvalue weighted by molar-refractivity contribution is 7.74. The minimum atomic E-state index is -5.80. The number of anilines is 1. The molecule has 178 valence electrons. The zero-order valence-corrected chi connectivity index (χ0v) is 17.9. The van der Waals surface area contributed by atoms with Gasteiger partial charge in [0.25, 0.3) is 6.10 Å². The van der Waals surface area contributed by atoms with Crippen LogP contribution in [0.2, 0.25) is 5.15 Å². The molecule has 1 amide bonds. The van der Waals surface area contributed by atoms with Gasteiger partial charge in [-0.25, -0.2) is 13.2 Å². The van der Waals surface area contributed by atoms with Gasteiger partial charge < -0.3 is 9.64 Å². The number of halogens is 7. The summed E-state index contributed by atoms with van der Waals surface area (Å²) in [6.45, 7) is 1.12. The van der Waals surface area contributed by atoms with Gasteiger partial charge in [0.05, 0.1) is 5.69 Å². The molecule has 0 spiro atoms. The van der Waals surface area contributed by atoms with E-state index < -0.39 is 35.4 Å². The summed E-state index contributed by atoms with van der Waals surface area (Å²) in [6.07, 6.45) is -17.3. The van der Waals surface area contributed by atoms with Crippen LogP contribution >= 0.6 is 11.6 Å². The van der Waals surface area contributed by atoms with Crippen LogP contribution in [0.15, 0.2) is 0 Å². The number of piperidine rings is 1. The summed E-state index contributed by atoms with van der Waals surface area (Å²) < 4.78 is 105. The molecule has 1 aliphatic heterocycles. The number of thiol groups is 1. The molecular formula is C15H19ClF6N4O4S. The van der Waals surface area contributed by atoms with Crippen molar-refractivity contribution in [1.29, 1.82) is 0 Å². The molecule has 0 aromatic carbocycles. The zero-order chi connectivity index (χ0) is 23.7. The molecule has 1 fully saturated rings. The third kappa shape index (κ3) is 6.08. The number of likely N-dealkylation sites (tertiary alicyclic amines) is 1. The molecule has 2 heterocycles. The lowest BCUT2D eigenvalue weighted by Crippen LogP contribution is -2.49. The fraction of sp³-hybridized carbons (Fsp3) is 0.733. The van der Waals surface area contributed by atoms with Gasteiger partial charge >= 0.3 is 18.4 Å². The van der Waals surface area contributed by atoms with E-state index in [1.807, 2.05) is 0 Å². The Morgan fingerprint density at radius 2 is 1.74 bits per heavy atom. The number of hydrogen-bond donors (Lipinski definition) is 1. The van der Waals surface area contributed by atoms with E-state index in [4.69, 9.17) is 11.6 Å². The van der Waals surface area contributed by atoms with Crippen molar-refractivity contribution >= 4 is 34.3 Å². The van der Waals surface area contributed by atoms with Crippen LogP contribution in [0.1, 0.15) is 18.5 Å². The molecule has 0 bridgehead atoms. The predicted molar refractivity (Wildman–Crippen MR) is 97.3 cm³/mol. The monoisotopic (exact) mass is 500 g/mol. The van der Waals surface area contributed by atoms with Gasteiger partial charge in [-0.3, -0.25) is 8.99 Å². The summed E-state index contributed by atoms with van der Waals surface area (Å²) >= 11 is 6.10. The maximum Gasteiger partial charge on any atom is 0.434 e. The quantitative estimate of drug-likeness (QED) is 0.496. The van der Waals surface area contributed by atoms with Gasteiger partial charge in [-0.05, 0) is 25.7 Å². The molecule has 1 aromatic heterocycles. The van der Waals surface area contributed by atoms with Crippen molar-refractivity contribution in [2.75, 3.05) is 23.9 Å². The highest BCUT2D eigenvalue weighted by atomic mass is 35.5. The standard InChI is InChI=1S/C15H19ClF6N4O4S/c1-8-10(11(16)24(2)23-8)26(31(28)29)7-9-3-5-25(6-4-9)13(27)30-12(14(17,18)19)15(20,21)22/h9,12,31H,3-7H2,1-2H3. The molecule has 0 saturated carbocycles. The van der Waals surface area contributed by atoms with Crippen LogP contribution in [0.3, 0.4) is 0 Å². The highest BCUT2D eigenvalue weighted by Gasteiger charge is 2.60. The first-order valence-corrected chi connectivity index (χ1v) is 10.3. The number of carbonyl (C=O) groups excluding carboxylic acids is 1. The van der Waals surface area contributed by atoms with Crippen LogP contribution in [-0.4, -0.2) is 67.3 Å². The molecule has 1 aliphatic rings. The summed E-state index contributed by atoms with van der Waals surface area (Å²) in [5.41, 5.74) is 0.540. The number of amides is 1. The second-order valence-corrected chi connectivity index (χ2v) is 8.26. The van der Waals surface area contributed by atoms with Crippen molar-refractivity contribution in [2.24, 2.45) is 13.0 Å². The molecule has 0 aliphatic carbocycles. The maximum absolute atomic E-state index is 12.6. The Balaban J connectivity index is 2.02. The molecule has 8 nitrogen and oxygen atoms in total. The number of carbonyl (C=O) groups is 1. The van der Waals surface area contributed by atoms with Crippen molar-refractivity contribution in [3.8, 4) is 0 Å². The number of alkyl halides is 6. The summed E-state index contributed by atoms with van der Waals surface area (Å²) in [7, 11) is -1.58. The molecular weight excluding hydrogens is 482 g/mol. The van der Waals surface area contributed by atoms with Gasteiger partial charge in [0.2, 0.25) is 10.9 Å². The third-order valence-corrected chi connectivity index (χ3v) is 5.88. The van der Waals surface area contributed by atoms with E-state index in [9.17, 15) is 39.6 Å². The van der Waals surface area contributed by atoms with Gasteiger partial charge in [0, 0.05) is 26.7 Å². The lowest BCUT2D eigenvalue weighted by atomic mass is 9.97. The Morgan fingerprint density at radius 1 is 1.23 bits per heavy atom. The number of aromatic nitrogens is 2. The molecule has 0 N–H and O–H groups in total. The Bertz CT molecular complexity index is 858. The minimum Gasteiger partial charge on any atom is -0.426 e. The van der Waals surface area contributed by atoms with Crippen LogP contribution in [0.4, 0.5) is 36.8 Å². The molecule has 0 atom stereocenters. The Morgan fingerprint density at radius 3 is 2.13 bits per heavy atom. The van der Waals surface area contributed by atoms with Crippen LogP contribution < -0.4 is 4.31 Å². The first-order chi connectivity index (χ1) is 14.1. The fourth-order valence-corrected chi connectivity index (χ4v) is 4.29. The van der Waals surface area contributed by atoms with Crippen LogP contribution in [0, 0.1) is 12.8 Å². The lowest BCUT2D eigenvalue weighted by molar-refractivity contribution is -0.308. The van der Waals surface area contributed by atoms with E-state index in [0.717, 1.165) is 9.21 Å². The molecule has 2 rings (SSSR count). The molecule has 1 aromatic rings. The van der Waals surface area contributed by atoms with Crippen molar-refractivity contribution in [2.45, 2.75) is 38.2 Å². The summed E-state index contributed by atoms with van der Waals surface area (Å²) in [6, 6.07) is 0. The fourth-order valence-electron chi connectivity index (χ4n) is 3.19.